The lowest BCUT2D eigenvalue weighted by molar-refractivity contribution is 0.122. The third-order valence-corrected chi connectivity index (χ3v) is 8.22. The predicted molar refractivity (Wildman–Crippen MR) is 108 cm³/mol. The Morgan fingerprint density at radius 1 is 0.720 bits per heavy atom. The van der Waals surface area contributed by atoms with Gasteiger partial charge in [-0.1, -0.05) is 86.8 Å². The van der Waals surface area contributed by atoms with E-state index in [9.17, 15) is 0 Å². The fraction of sp³-hybridized carbons (Fsp3) is 0.478. The van der Waals surface area contributed by atoms with Crippen molar-refractivity contribution in [2.75, 3.05) is 0 Å². The topological polar surface area (TPSA) is 9.23 Å². The summed E-state index contributed by atoms with van der Waals surface area (Å²) in [5, 5.41) is 2.68. The maximum atomic E-state index is 6.92. The normalized spacial score (nSPS) is 29.4. The Balaban J connectivity index is 1.58. The van der Waals surface area contributed by atoms with Crippen molar-refractivity contribution < 1.29 is 4.52 Å². The van der Waals surface area contributed by atoms with Crippen LogP contribution in [-0.4, -0.2) is 6.10 Å². The summed E-state index contributed by atoms with van der Waals surface area (Å²) in [7, 11) is -0.717. The number of hydrogen-bond acceptors (Lipinski definition) is 1. The summed E-state index contributed by atoms with van der Waals surface area (Å²) in [5.41, 5.74) is 0. The van der Waals surface area contributed by atoms with Crippen LogP contribution in [0.25, 0.3) is 0 Å². The first-order chi connectivity index (χ1) is 12.3. The quantitative estimate of drug-likeness (QED) is 0.631. The summed E-state index contributed by atoms with van der Waals surface area (Å²) in [6, 6.07) is 21.7. The van der Waals surface area contributed by atoms with Gasteiger partial charge in [0.15, 0.2) is 0 Å². The van der Waals surface area contributed by atoms with Gasteiger partial charge in [-0.15, -0.1) is 0 Å². The highest BCUT2D eigenvalue weighted by molar-refractivity contribution is 7.68. The van der Waals surface area contributed by atoms with E-state index in [1.807, 2.05) is 0 Å². The number of benzene rings is 2. The van der Waals surface area contributed by atoms with E-state index in [4.69, 9.17) is 4.52 Å². The monoisotopic (exact) mass is 352 g/mol. The molecule has 0 amide bonds. The highest BCUT2D eigenvalue weighted by Crippen LogP contribution is 2.49. The van der Waals surface area contributed by atoms with Gasteiger partial charge in [0.25, 0.3) is 0 Å². The van der Waals surface area contributed by atoms with Crippen molar-refractivity contribution in [2.24, 2.45) is 17.8 Å². The molecule has 0 bridgehead atoms. The molecule has 0 N–H and O–H groups in total. The van der Waals surface area contributed by atoms with Gasteiger partial charge in [0.1, 0.15) is 0 Å². The third-order valence-electron chi connectivity index (χ3n) is 6.20. The van der Waals surface area contributed by atoms with Gasteiger partial charge in [-0.25, -0.2) is 0 Å². The van der Waals surface area contributed by atoms with Gasteiger partial charge in [0, 0.05) is 10.6 Å². The summed E-state index contributed by atoms with van der Waals surface area (Å²) in [4.78, 5) is 0. The molecule has 2 saturated carbocycles. The zero-order chi connectivity index (χ0) is 17.1. The molecular weight excluding hydrogens is 323 g/mol. The highest BCUT2D eigenvalue weighted by atomic mass is 31.1. The number of rotatable bonds is 5. The van der Waals surface area contributed by atoms with Crippen LogP contribution in [0.4, 0.5) is 0 Å². The Hall–Kier alpha value is -1.17. The van der Waals surface area contributed by atoms with Crippen LogP contribution in [-0.2, 0) is 4.52 Å². The van der Waals surface area contributed by atoms with Gasteiger partial charge < -0.3 is 4.52 Å². The first-order valence-electron chi connectivity index (χ1n) is 9.90. The summed E-state index contributed by atoms with van der Waals surface area (Å²) >= 11 is 0. The predicted octanol–water partition coefficient (Wildman–Crippen LogP) is 5.66. The summed E-state index contributed by atoms with van der Waals surface area (Å²) in [6.45, 7) is 2.46. The molecule has 2 aliphatic rings. The van der Waals surface area contributed by atoms with E-state index in [1.54, 1.807) is 0 Å². The maximum Gasteiger partial charge on any atom is 0.0921 e. The summed E-state index contributed by atoms with van der Waals surface area (Å²) < 4.78 is 6.92. The van der Waals surface area contributed by atoms with E-state index in [0.29, 0.717) is 6.10 Å². The SMILES string of the molecule is C[C@H]1CCCC1C1CCCC1OP(c1ccccc1)c1ccccc1. The Bertz CT molecular complexity index is 617. The van der Waals surface area contributed by atoms with Crippen molar-refractivity contribution in [3.63, 3.8) is 0 Å². The Kier molecular flexibility index (Phi) is 5.54. The minimum Gasteiger partial charge on any atom is -0.346 e. The van der Waals surface area contributed by atoms with Crippen LogP contribution in [0.15, 0.2) is 60.7 Å². The molecule has 2 aromatic rings. The standard InChI is InChI=1S/C23H29OP/c1-18-10-8-15-21(18)22-16-9-17-23(22)24-25(19-11-4-2-5-12-19)20-13-6-3-7-14-20/h2-7,11-14,18,21-23H,8-10,15-17H2,1H3/t18-,21?,22?,23?/m0/s1. The van der Waals surface area contributed by atoms with E-state index in [0.717, 1.165) is 17.8 Å². The van der Waals surface area contributed by atoms with Gasteiger partial charge in [-0.05, 0) is 37.0 Å². The van der Waals surface area contributed by atoms with Crippen molar-refractivity contribution in [1.82, 2.24) is 0 Å². The molecule has 4 atom stereocenters. The Morgan fingerprint density at radius 2 is 1.28 bits per heavy atom. The molecule has 0 spiro atoms. The first-order valence-corrected chi connectivity index (χ1v) is 11.2. The highest BCUT2D eigenvalue weighted by Gasteiger charge is 2.40. The average molecular weight is 352 g/mol. The molecule has 2 aliphatic carbocycles. The van der Waals surface area contributed by atoms with Crippen LogP contribution < -0.4 is 10.6 Å². The van der Waals surface area contributed by atoms with Crippen molar-refractivity contribution in [3.8, 4) is 0 Å². The Morgan fingerprint density at radius 3 is 1.84 bits per heavy atom. The van der Waals surface area contributed by atoms with Crippen molar-refractivity contribution in [2.45, 2.75) is 51.6 Å². The van der Waals surface area contributed by atoms with Gasteiger partial charge >= 0.3 is 0 Å². The fourth-order valence-corrected chi connectivity index (χ4v) is 6.88. The molecule has 0 aliphatic heterocycles. The molecule has 0 aromatic heterocycles. The lowest BCUT2D eigenvalue weighted by atomic mass is 9.82. The molecule has 2 aromatic carbocycles. The molecule has 2 fully saturated rings. The van der Waals surface area contributed by atoms with E-state index in [1.165, 1.54) is 49.1 Å². The van der Waals surface area contributed by atoms with Crippen LogP contribution in [0.3, 0.4) is 0 Å². The van der Waals surface area contributed by atoms with E-state index < -0.39 is 8.15 Å². The first kappa shape index (κ1) is 17.3. The fourth-order valence-electron chi connectivity index (χ4n) is 4.92. The van der Waals surface area contributed by atoms with E-state index >= 15 is 0 Å². The van der Waals surface area contributed by atoms with Gasteiger partial charge in [0.2, 0.25) is 0 Å². The third kappa shape index (κ3) is 3.83. The lowest BCUT2D eigenvalue weighted by Crippen LogP contribution is -2.28. The van der Waals surface area contributed by atoms with Crippen LogP contribution in [0.2, 0.25) is 0 Å². The second-order valence-electron chi connectivity index (χ2n) is 7.78. The lowest BCUT2D eigenvalue weighted by Gasteiger charge is -2.31. The Labute approximate surface area is 153 Å². The van der Waals surface area contributed by atoms with Gasteiger partial charge in [-0.3, -0.25) is 0 Å². The van der Waals surface area contributed by atoms with Gasteiger partial charge in [-0.2, -0.15) is 0 Å². The molecule has 1 nitrogen and oxygen atoms in total. The minimum atomic E-state index is -0.717. The van der Waals surface area contributed by atoms with Crippen LogP contribution >= 0.6 is 8.15 Å². The molecule has 2 heteroatoms. The second kappa shape index (κ2) is 8.02. The molecule has 132 valence electrons. The van der Waals surface area contributed by atoms with Crippen LogP contribution in [0, 0.1) is 17.8 Å². The van der Waals surface area contributed by atoms with Crippen molar-refractivity contribution >= 4 is 18.8 Å². The molecule has 0 heterocycles. The minimum absolute atomic E-state index is 0.442. The average Bonchev–Trinajstić information content (AvgIpc) is 3.29. The van der Waals surface area contributed by atoms with E-state index in [2.05, 4.69) is 67.6 Å². The molecule has 3 unspecified atom stereocenters. The maximum absolute atomic E-state index is 6.92. The molecule has 0 saturated heterocycles. The van der Waals surface area contributed by atoms with Gasteiger partial charge in [0.05, 0.1) is 14.3 Å². The second-order valence-corrected chi connectivity index (χ2v) is 9.61. The van der Waals surface area contributed by atoms with Crippen LogP contribution in [0.1, 0.15) is 45.4 Å². The van der Waals surface area contributed by atoms with Crippen molar-refractivity contribution in [1.29, 1.82) is 0 Å². The smallest absolute Gasteiger partial charge is 0.0921 e. The zero-order valence-corrected chi connectivity index (χ0v) is 16.1. The molecule has 0 radical (unpaired) electrons. The number of hydrogen-bond donors (Lipinski definition) is 0. The largest absolute Gasteiger partial charge is 0.346 e. The molecular formula is C23H29OP. The summed E-state index contributed by atoms with van der Waals surface area (Å²) in [5.74, 6) is 2.54. The van der Waals surface area contributed by atoms with Crippen molar-refractivity contribution in [3.05, 3.63) is 60.7 Å². The summed E-state index contributed by atoms with van der Waals surface area (Å²) in [6.07, 6.45) is 8.64. The molecule has 4 rings (SSSR count). The van der Waals surface area contributed by atoms with E-state index in [-0.39, 0.29) is 0 Å². The molecule has 25 heavy (non-hydrogen) atoms. The van der Waals surface area contributed by atoms with Crippen LogP contribution in [0.5, 0.6) is 0 Å². The zero-order valence-electron chi connectivity index (χ0n) is 15.2.